The fourth-order valence-corrected chi connectivity index (χ4v) is 4.48. The van der Waals surface area contributed by atoms with E-state index < -0.39 is 40.4 Å². The number of halogens is 4. The first-order valence-corrected chi connectivity index (χ1v) is 11.2. The summed E-state index contributed by atoms with van der Waals surface area (Å²) in [5.41, 5.74) is -1.41. The number of rotatable bonds is 5. The maximum absolute atomic E-state index is 15.2. The molecular weight excluding hydrogens is 478 g/mol. The van der Waals surface area contributed by atoms with Crippen LogP contribution >= 0.6 is 0 Å². The standard InChI is InChI=1S/C26H21F4N3O3/c1-13-31-18-11-16(10-17(26(34)35)25(18)32-13)20-23(29)21(27)19(22(28)24(20)30)15-4-2-14(3-5-15)12-33-6-8-36-9-7-33/h2-5,10-11H,6-9,12H2,1H3,(H,31,32)(H,34,35). The average molecular weight is 499 g/mol. The molecule has 186 valence electrons. The highest BCUT2D eigenvalue weighted by molar-refractivity contribution is 6.03. The molecule has 1 aromatic heterocycles. The lowest BCUT2D eigenvalue weighted by atomic mass is 9.95. The number of aromatic carboxylic acids is 1. The van der Waals surface area contributed by atoms with Crippen LogP contribution in [0.2, 0.25) is 0 Å². The first-order chi connectivity index (χ1) is 17.2. The predicted molar refractivity (Wildman–Crippen MR) is 125 cm³/mol. The predicted octanol–water partition coefficient (Wildman–Crippen LogP) is 5.29. The van der Waals surface area contributed by atoms with Crippen LogP contribution in [0, 0.1) is 30.2 Å². The van der Waals surface area contributed by atoms with Gasteiger partial charge in [0.05, 0.1) is 35.4 Å². The van der Waals surface area contributed by atoms with Gasteiger partial charge in [-0.1, -0.05) is 24.3 Å². The Labute approximate surface area is 203 Å². The highest BCUT2D eigenvalue weighted by Gasteiger charge is 2.28. The number of aryl methyl sites for hydroxylation is 1. The van der Waals surface area contributed by atoms with Crippen LogP contribution in [0.25, 0.3) is 33.3 Å². The number of hydrogen-bond acceptors (Lipinski definition) is 4. The molecule has 0 atom stereocenters. The number of benzene rings is 3. The molecule has 3 aromatic carbocycles. The van der Waals surface area contributed by atoms with Crippen LogP contribution in [0.1, 0.15) is 21.7 Å². The number of imidazole rings is 1. The highest BCUT2D eigenvalue weighted by atomic mass is 19.2. The van der Waals surface area contributed by atoms with Gasteiger partial charge in [0.25, 0.3) is 0 Å². The van der Waals surface area contributed by atoms with E-state index in [2.05, 4.69) is 14.9 Å². The van der Waals surface area contributed by atoms with Crippen LogP contribution in [0.15, 0.2) is 36.4 Å². The molecule has 1 saturated heterocycles. The number of aromatic nitrogens is 2. The molecule has 36 heavy (non-hydrogen) atoms. The largest absolute Gasteiger partial charge is 0.478 e. The van der Waals surface area contributed by atoms with Crippen molar-refractivity contribution in [1.82, 2.24) is 14.9 Å². The number of nitrogens with one attached hydrogen (secondary N) is 1. The molecule has 0 bridgehead atoms. The van der Waals surface area contributed by atoms with E-state index in [4.69, 9.17) is 4.74 Å². The Hall–Kier alpha value is -3.76. The summed E-state index contributed by atoms with van der Waals surface area (Å²) in [4.78, 5) is 20.7. The normalized spacial score (nSPS) is 14.5. The Kier molecular flexibility index (Phi) is 6.23. The smallest absolute Gasteiger partial charge is 0.337 e. The van der Waals surface area contributed by atoms with Crippen molar-refractivity contribution in [2.24, 2.45) is 0 Å². The molecule has 0 amide bonds. The van der Waals surface area contributed by atoms with E-state index in [0.29, 0.717) is 25.6 Å². The minimum atomic E-state index is -1.62. The van der Waals surface area contributed by atoms with Crippen molar-refractivity contribution in [2.75, 3.05) is 26.3 Å². The monoisotopic (exact) mass is 499 g/mol. The zero-order valence-electron chi connectivity index (χ0n) is 19.2. The van der Waals surface area contributed by atoms with E-state index in [9.17, 15) is 9.90 Å². The Morgan fingerprint density at radius 3 is 2.14 bits per heavy atom. The van der Waals surface area contributed by atoms with E-state index in [0.717, 1.165) is 24.7 Å². The second-order valence-electron chi connectivity index (χ2n) is 8.64. The minimum Gasteiger partial charge on any atom is -0.478 e. The zero-order valence-corrected chi connectivity index (χ0v) is 19.2. The molecule has 2 heterocycles. The van der Waals surface area contributed by atoms with Gasteiger partial charge in [-0.2, -0.15) is 0 Å². The number of morpholine rings is 1. The summed E-state index contributed by atoms with van der Waals surface area (Å²) < 4.78 is 66.1. The van der Waals surface area contributed by atoms with E-state index in [1.807, 2.05) is 0 Å². The van der Waals surface area contributed by atoms with Crippen LogP contribution in [0.5, 0.6) is 0 Å². The third kappa shape index (κ3) is 4.22. The number of carboxylic acids is 1. The molecule has 2 N–H and O–H groups in total. The molecule has 0 unspecified atom stereocenters. The Balaban J connectivity index is 1.56. The van der Waals surface area contributed by atoms with E-state index >= 15 is 17.6 Å². The molecule has 0 radical (unpaired) electrons. The first kappa shape index (κ1) is 24.0. The zero-order chi connectivity index (χ0) is 25.6. The topological polar surface area (TPSA) is 78.4 Å². The molecule has 0 aliphatic carbocycles. The minimum absolute atomic E-state index is 0.0223. The molecule has 5 rings (SSSR count). The summed E-state index contributed by atoms with van der Waals surface area (Å²) in [7, 11) is 0. The van der Waals surface area contributed by atoms with Crippen molar-refractivity contribution in [2.45, 2.75) is 13.5 Å². The van der Waals surface area contributed by atoms with E-state index in [1.165, 1.54) is 18.2 Å². The molecule has 4 aromatic rings. The highest BCUT2D eigenvalue weighted by Crippen LogP contribution is 2.38. The Morgan fingerprint density at radius 1 is 0.972 bits per heavy atom. The van der Waals surface area contributed by atoms with Crippen molar-refractivity contribution in [3.8, 4) is 22.3 Å². The van der Waals surface area contributed by atoms with Crippen molar-refractivity contribution in [3.05, 3.63) is 76.6 Å². The van der Waals surface area contributed by atoms with E-state index in [1.54, 1.807) is 19.1 Å². The summed E-state index contributed by atoms with van der Waals surface area (Å²) in [5.74, 6) is -7.40. The van der Waals surface area contributed by atoms with Gasteiger partial charge in [0.1, 0.15) is 11.3 Å². The molecule has 1 aliphatic rings. The van der Waals surface area contributed by atoms with Gasteiger partial charge >= 0.3 is 5.97 Å². The third-order valence-corrected chi connectivity index (χ3v) is 6.24. The third-order valence-electron chi connectivity index (χ3n) is 6.24. The van der Waals surface area contributed by atoms with Crippen molar-refractivity contribution in [3.63, 3.8) is 0 Å². The van der Waals surface area contributed by atoms with Gasteiger partial charge < -0.3 is 14.8 Å². The molecule has 0 saturated carbocycles. The lowest BCUT2D eigenvalue weighted by Crippen LogP contribution is -2.35. The summed E-state index contributed by atoms with van der Waals surface area (Å²) in [5, 5.41) is 9.53. The lowest BCUT2D eigenvalue weighted by molar-refractivity contribution is 0.0342. The molecule has 6 nitrogen and oxygen atoms in total. The van der Waals surface area contributed by atoms with Crippen LogP contribution in [0.4, 0.5) is 17.6 Å². The number of nitrogens with zero attached hydrogens (tertiary/aromatic N) is 2. The van der Waals surface area contributed by atoms with Crippen LogP contribution in [-0.2, 0) is 11.3 Å². The summed E-state index contributed by atoms with van der Waals surface area (Å²) >= 11 is 0. The summed E-state index contributed by atoms with van der Waals surface area (Å²) in [6.45, 7) is 4.96. The second kappa shape index (κ2) is 9.36. The molecular formula is C26H21F4N3O3. The maximum atomic E-state index is 15.2. The van der Waals surface area contributed by atoms with Gasteiger partial charge in [-0.25, -0.2) is 27.3 Å². The van der Waals surface area contributed by atoms with Gasteiger partial charge in [-0.3, -0.25) is 4.90 Å². The number of H-pyrrole nitrogens is 1. The van der Waals surface area contributed by atoms with Gasteiger partial charge in [0.2, 0.25) is 0 Å². The van der Waals surface area contributed by atoms with Crippen molar-refractivity contribution in [1.29, 1.82) is 0 Å². The van der Waals surface area contributed by atoms with Gasteiger partial charge in [-0.15, -0.1) is 0 Å². The quantitative estimate of drug-likeness (QED) is 0.288. The fourth-order valence-electron chi connectivity index (χ4n) is 4.48. The molecule has 1 aliphatic heterocycles. The fraction of sp³-hybridized carbons (Fsp3) is 0.231. The Morgan fingerprint density at radius 2 is 1.56 bits per heavy atom. The van der Waals surface area contributed by atoms with Crippen LogP contribution in [-0.4, -0.2) is 52.2 Å². The van der Waals surface area contributed by atoms with Gasteiger partial charge in [-0.05, 0) is 35.7 Å². The van der Waals surface area contributed by atoms with Gasteiger partial charge in [0, 0.05) is 19.6 Å². The second-order valence-corrected chi connectivity index (χ2v) is 8.64. The number of fused-ring (bicyclic) bond motifs is 1. The number of ether oxygens (including phenoxy) is 1. The average Bonchev–Trinajstić information content (AvgIpc) is 3.24. The Bertz CT molecular complexity index is 1450. The van der Waals surface area contributed by atoms with Crippen LogP contribution < -0.4 is 0 Å². The first-order valence-electron chi connectivity index (χ1n) is 11.2. The molecule has 1 fully saturated rings. The number of carbonyl (C=O) groups is 1. The number of carboxylic acid groups (broad SMARTS) is 1. The molecule has 10 heteroatoms. The van der Waals surface area contributed by atoms with Gasteiger partial charge in [0.15, 0.2) is 23.3 Å². The van der Waals surface area contributed by atoms with E-state index in [-0.39, 0.29) is 27.7 Å². The summed E-state index contributed by atoms with van der Waals surface area (Å²) in [6.07, 6.45) is 0. The lowest BCUT2D eigenvalue weighted by Gasteiger charge is -2.26. The maximum Gasteiger partial charge on any atom is 0.337 e. The molecule has 0 spiro atoms. The number of aromatic amines is 1. The summed E-state index contributed by atoms with van der Waals surface area (Å²) in [6, 6.07) is 8.30. The number of hydrogen-bond donors (Lipinski definition) is 2. The van der Waals surface area contributed by atoms with Crippen LogP contribution in [0.3, 0.4) is 0 Å². The van der Waals surface area contributed by atoms with Crippen molar-refractivity contribution >= 4 is 17.0 Å². The van der Waals surface area contributed by atoms with Crippen molar-refractivity contribution < 1.29 is 32.2 Å². The SMILES string of the molecule is Cc1nc2c(C(=O)O)cc(-c3c(F)c(F)c(-c4ccc(CN5CCOCC5)cc4)c(F)c3F)cc2[nH]1.